The molecule has 0 amide bonds. The van der Waals surface area contributed by atoms with Crippen molar-refractivity contribution in [3.05, 3.63) is 34.1 Å². The minimum absolute atomic E-state index is 0.0978. The van der Waals surface area contributed by atoms with Crippen LogP contribution < -0.4 is 5.32 Å². The average Bonchev–Trinajstić information content (AvgIpc) is 2.40. The van der Waals surface area contributed by atoms with Crippen LogP contribution in [0.1, 0.15) is 36.0 Å². The number of ketones is 1. The maximum Gasteiger partial charge on any atom is 0.165 e. The predicted molar refractivity (Wildman–Crippen MR) is 73.3 cm³/mol. The molecule has 1 saturated heterocycles. The summed E-state index contributed by atoms with van der Waals surface area (Å²) in [5.41, 5.74) is 0.202. The van der Waals surface area contributed by atoms with Crippen LogP contribution in [0.25, 0.3) is 0 Å². The van der Waals surface area contributed by atoms with Gasteiger partial charge in [0.1, 0.15) is 5.82 Å². The van der Waals surface area contributed by atoms with Gasteiger partial charge in [0, 0.05) is 10.9 Å². The molecule has 18 heavy (non-hydrogen) atoms. The first-order valence-corrected chi connectivity index (χ1v) is 7.15. The summed E-state index contributed by atoms with van der Waals surface area (Å²) in [4.78, 5) is 12.0. The standard InChI is InChI=1S/C14H17BrFNO/c15-11-4-5-13(16)12(8-11)14(18)6-3-10-2-1-7-17-9-10/h4-5,8,10,17H,1-3,6-7,9H2. The highest BCUT2D eigenvalue weighted by Gasteiger charge is 2.17. The van der Waals surface area contributed by atoms with Gasteiger partial charge in [0.05, 0.1) is 5.56 Å². The normalized spacial score (nSPS) is 19.8. The third-order valence-corrected chi connectivity index (χ3v) is 3.90. The number of hydrogen-bond acceptors (Lipinski definition) is 2. The highest BCUT2D eigenvalue weighted by Crippen LogP contribution is 2.21. The third-order valence-electron chi connectivity index (χ3n) is 3.41. The molecule has 0 radical (unpaired) electrons. The SMILES string of the molecule is O=C(CCC1CCCNC1)c1cc(Br)ccc1F. The van der Waals surface area contributed by atoms with Crippen LogP contribution in [0.15, 0.2) is 22.7 Å². The molecule has 2 rings (SSSR count). The van der Waals surface area contributed by atoms with Gasteiger partial charge in [-0.25, -0.2) is 4.39 Å². The Balaban J connectivity index is 1.92. The number of piperidine rings is 1. The summed E-state index contributed by atoms with van der Waals surface area (Å²) in [6, 6.07) is 4.51. The monoisotopic (exact) mass is 313 g/mol. The zero-order valence-corrected chi connectivity index (χ0v) is 11.8. The van der Waals surface area contributed by atoms with E-state index in [1.165, 1.54) is 18.9 Å². The van der Waals surface area contributed by atoms with Gasteiger partial charge in [0.25, 0.3) is 0 Å². The van der Waals surface area contributed by atoms with Crippen LogP contribution in [0, 0.1) is 11.7 Å². The largest absolute Gasteiger partial charge is 0.316 e. The smallest absolute Gasteiger partial charge is 0.165 e. The topological polar surface area (TPSA) is 29.1 Å². The van der Waals surface area contributed by atoms with Gasteiger partial charge in [-0.05, 0) is 56.5 Å². The molecule has 1 unspecified atom stereocenters. The van der Waals surface area contributed by atoms with Crippen molar-refractivity contribution in [2.75, 3.05) is 13.1 Å². The second kappa shape index (κ2) is 6.43. The molecule has 2 nitrogen and oxygen atoms in total. The Bertz CT molecular complexity index is 430. The maximum atomic E-state index is 13.5. The molecule has 1 aromatic rings. The Kier molecular flexibility index (Phi) is 4.89. The Labute approximate surface area is 115 Å². The summed E-state index contributed by atoms with van der Waals surface area (Å²) >= 11 is 3.26. The van der Waals surface area contributed by atoms with E-state index >= 15 is 0 Å². The Morgan fingerprint density at radius 1 is 1.50 bits per heavy atom. The number of Topliss-reactive ketones (excluding diaryl/α,β-unsaturated/α-hetero) is 1. The Hall–Kier alpha value is -0.740. The zero-order chi connectivity index (χ0) is 13.0. The van der Waals surface area contributed by atoms with Crippen molar-refractivity contribution in [1.82, 2.24) is 5.32 Å². The summed E-state index contributed by atoms with van der Waals surface area (Å²) in [6.07, 6.45) is 3.61. The van der Waals surface area contributed by atoms with Gasteiger partial charge >= 0.3 is 0 Å². The quantitative estimate of drug-likeness (QED) is 0.861. The molecule has 0 aliphatic carbocycles. The lowest BCUT2D eigenvalue weighted by atomic mass is 9.92. The number of nitrogens with one attached hydrogen (secondary N) is 1. The van der Waals surface area contributed by atoms with Gasteiger partial charge in [0.2, 0.25) is 0 Å². The van der Waals surface area contributed by atoms with Gasteiger partial charge in [-0.15, -0.1) is 0 Å². The maximum absolute atomic E-state index is 13.5. The van der Waals surface area contributed by atoms with Crippen molar-refractivity contribution in [3.63, 3.8) is 0 Å². The summed E-state index contributed by atoms with van der Waals surface area (Å²) in [6.45, 7) is 2.05. The molecule has 1 atom stereocenters. The van der Waals surface area contributed by atoms with Crippen molar-refractivity contribution in [2.45, 2.75) is 25.7 Å². The van der Waals surface area contributed by atoms with Crippen LogP contribution in [0.5, 0.6) is 0 Å². The van der Waals surface area contributed by atoms with E-state index in [1.807, 2.05) is 0 Å². The lowest BCUT2D eigenvalue weighted by Gasteiger charge is -2.22. The third kappa shape index (κ3) is 3.62. The van der Waals surface area contributed by atoms with Crippen molar-refractivity contribution in [3.8, 4) is 0 Å². The van der Waals surface area contributed by atoms with E-state index in [0.29, 0.717) is 12.3 Å². The second-order valence-corrected chi connectivity index (χ2v) is 5.71. The molecule has 1 heterocycles. The lowest BCUT2D eigenvalue weighted by molar-refractivity contribution is 0.0967. The molecular weight excluding hydrogens is 297 g/mol. The zero-order valence-electron chi connectivity index (χ0n) is 10.2. The fourth-order valence-electron chi connectivity index (χ4n) is 2.35. The van der Waals surface area contributed by atoms with Crippen LogP contribution >= 0.6 is 15.9 Å². The Morgan fingerprint density at radius 3 is 3.06 bits per heavy atom. The van der Waals surface area contributed by atoms with Crippen LogP contribution in [0.3, 0.4) is 0 Å². The van der Waals surface area contributed by atoms with Gasteiger partial charge in [-0.1, -0.05) is 15.9 Å². The van der Waals surface area contributed by atoms with Crippen LogP contribution in [0.4, 0.5) is 4.39 Å². The molecule has 1 N–H and O–H groups in total. The first-order chi connectivity index (χ1) is 8.66. The minimum atomic E-state index is -0.426. The lowest BCUT2D eigenvalue weighted by Crippen LogP contribution is -2.30. The summed E-state index contributed by atoms with van der Waals surface area (Å²) < 4.78 is 14.3. The van der Waals surface area contributed by atoms with Gasteiger partial charge in [-0.3, -0.25) is 4.79 Å². The molecule has 4 heteroatoms. The summed E-state index contributed by atoms with van der Waals surface area (Å²) in [5, 5.41) is 3.33. The van der Waals surface area contributed by atoms with E-state index in [1.54, 1.807) is 12.1 Å². The van der Waals surface area contributed by atoms with E-state index in [-0.39, 0.29) is 11.3 Å². The molecule has 1 fully saturated rings. The number of rotatable bonds is 4. The molecular formula is C14H17BrFNO. The van der Waals surface area contributed by atoms with Crippen molar-refractivity contribution < 1.29 is 9.18 Å². The predicted octanol–water partition coefficient (Wildman–Crippen LogP) is 3.55. The molecule has 0 bridgehead atoms. The van der Waals surface area contributed by atoms with Gasteiger partial charge < -0.3 is 5.32 Å². The summed E-state index contributed by atoms with van der Waals surface area (Å²) in [7, 11) is 0. The first kappa shape index (κ1) is 13.7. The van der Waals surface area contributed by atoms with Crippen LogP contribution in [-0.2, 0) is 0 Å². The Morgan fingerprint density at radius 2 is 2.33 bits per heavy atom. The fourth-order valence-corrected chi connectivity index (χ4v) is 2.71. The number of carbonyl (C=O) groups excluding carboxylic acids is 1. The van der Waals surface area contributed by atoms with E-state index in [0.717, 1.165) is 24.0 Å². The minimum Gasteiger partial charge on any atom is -0.316 e. The van der Waals surface area contributed by atoms with Crippen molar-refractivity contribution in [1.29, 1.82) is 0 Å². The molecule has 1 aliphatic rings. The van der Waals surface area contributed by atoms with Crippen LogP contribution in [0.2, 0.25) is 0 Å². The molecule has 0 saturated carbocycles. The van der Waals surface area contributed by atoms with E-state index in [9.17, 15) is 9.18 Å². The van der Waals surface area contributed by atoms with Gasteiger partial charge in [0.15, 0.2) is 5.78 Å². The number of carbonyl (C=O) groups is 1. The first-order valence-electron chi connectivity index (χ1n) is 6.36. The number of benzene rings is 1. The average molecular weight is 314 g/mol. The molecule has 98 valence electrons. The molecule has 0 aromatic heterocycles. The molecule has 1 aromatic carbocycles. The number of hydrogen-bond donors (Lipinski definition) is 1. The summed E-state index contributed by atoms with van der Waals surface area (Å²) in [5.74, 6) is 0.0299. The molecule has 0 spiro atoms. The number of halogens is 2. The van der Waals surface area contributed by atoms with E-state index in [2.05, 4.69) is 21.2 Å². The van der Waals surface area contributed by atoms with Crippen molar-refractivity contribution in [2.24, 2.45) is 5.92 Å². The molecule has 1 aliphatic heterocycles. The highest BCUT2D eigenvalue weighted by atomic mass is 79.9. The van der Waals surface area contributed by atoms with Crippen molar-refractivity contribution >= 4 is 21.7 Å². The highest BCUT2D eigenvalue weighted by molar-refractivity contribution is 9.10. The van der Waals surface area contributed by atoms with E-state index in [4.69, 9.17) is 0 Å². The second-order valence-electron chi connectivity index (χ2n) is 4.80. The van der Waals surface area contributed by atoms with E-state index < -0.39 is 5.82 Å². The van der Waals surface area contributed by atoms with Gasteiger partial charge in [-0.2, -0.15) is 0 Å². The fraction of sp³-hybridized carbons (Fsp3) is 0.500. The van der Waals surface area contributed by atoms with Crippen LogP contribution in [-0.4, -0.2) is 18.9 Å².